The minimum absolute atomic E-state index is 0.805. The third-order valence-electron chi connectivity index (χ3n) is 1.49. The van der Waals surface area contributed by atoms with Crippen LogP contribution < -0.4 is 4.74 Å². The summed E-state index contributed by atoms with van der Waals surface area (Å²) in [4.78, 5) is 0. The Morgan fingerprint density at radius 3 is 2.67 bits per heavy atom. The van der Waals surface area contributed by atoms with Crippen LogP contribution in [0, 0.1) is 10.5 Å². The molecular formula is C10H13IO. The van der Waals surface area contributed by atoms with Crippen molar-refractivity contribution in [2.75, 3.05) is 6.61 Å². The Morgan fingerprint density at radius 2 is 2.08 bits per heavy atom. The van der Waals surface area contributed by atoms with E-state index in [-0.39, 0.29) is 0 Å². The summed E-state index contributed by atoms with van der Waals surface area (Å²) in [7, 11) is 0. The second-order valence-corrected chi connectivity index (χ2v) is 4.06. The second kappa shape index (κ2) is 4.70. The van der Waals surface area contributed by atoms with Crippen molar-refractivity contribution >= 4 is 22.6 Å². The first-order chi connectivity index (χ1) is 5.72. The van der Waals surface area contributed by atoms with Gasteiger partial charge >= 0.3 is 0 Å². The van der Waals surface area contributed by atoms with Crippen LogP contribution in [0.1, 0.15) is 18.9 Å². The summed E-state index contributed by atoms with van der Waals surface area (Å²) in [5.41, 5.74) is 1.26. The molecule has 0 aliphatic rings. The van der Waals surface area contributed by atoms with Crippen LogP contribution in [0.2, 0.25) is 0 Å². The molecule has 0 spiro atoms. The topological polar surface area (TPSA) is 9.23 Å². The van der Waals surface area contributed by atoms with Gasteiger partial charge in [0.25, 0.3) is 0 Å². The first-order valence-electron chi connectivity index (χ1n) is 4.12. The van der Waals surface area contributed by atoms with Crippen molar-refractivity contribution < 1.29 is 4.74 Å². The van der Waals surface area contributed by atoms with Gasteiger partial charge in [0.05, 0.1) is 6.61 Å². The fraction of sp³-hybridized carbons (Fsp3) is 0.400. The molecule has 0 amide bonds. The third-order valence-corrected chi connectivity index (χ3v) is 2.11. The van der Waals surface area contributed by atoms with E-state index >= 15 is 0 Å². The molecule has 0 saturated heterocycles. The molecule has 0 aliphatic carbocycles. The van der Waals surface area contributed by atoms with Gasteiger partial charge in [0.15, 0.2) is 0 Å². The highest BCUT2D eigenvalue weighted by Crippen LogP contribution is 2.18. The van der Waals surface area contributed by atoms with Crippen molar-refractivity contribution in [1.82, 2.24) is 0 Å². The van der Waals surface area contributed by atoms with Crippen LogP contribution in [0.5, 0.6) is 5.75 Å². The van der Waals surface area contributed by atoms with Crippen LogP contribution in [0.4, 0.5) is 0 Å². The molecule has 0 heterocycles. The van der Waals surface area contributed by atoms with Gasteiger partial charge in [-0.3, -0.25) is 0 Å². The summed E-state index contributed by atoms with van der Waals surface area (Å²) in [5, 5.41) is 0. The van der Waals surface area contributed by atoms with E-state index < -0.39 is 0 Å². The lowest BCUT2D eigenvalue weighted by Gasteiger charge is -2.05. The van der Waals surface area contributed by atoms with Gasteiger partial charge in [0.1, 0.15) is 5.75 Å². The summed E-state index contributed by atoms with van der Waals surface area (Å²) < 4.78 is 6.75. The molecule has 1 aromatic carbocycles. The summed E-state index contributed by atoms with van der Waals surface area (Å²) >= 11 is 2.30. The average molecular weight is 276 g/mol. The summed E-state index contributed by atoms with van der Waals surface area (Å²) in [6, 6.07) is 6.26. The molecule has 0 bridgehead atoms. The molecule has 0 saturated carbocycles. The number of benzene rings is 1. The van der Waals surface area contributed by atoms with Gasteiger partial charge in [-0.2, -0.15) is 0 Å². The molecular weight excluding hydrogens is 263 g/mol. The fourth-order valence-corrected chi connectivity index (χ4v) is 1.80. The van der Waals surface area contributed by atoms with Crippen molar-refractivity contribution in [2.45, 2.75) is 20.3 Å². The highest BCUT2D eigenvalue weighted by Gasteiger charge is 1.95. The standard InChI is InChI=1S/C10H13IO/c1-3-4-12-10-6-8(2)5-9(11)7-10/h5-7H,3-4H2,1-2H3. The van der Waals surface area contributed by atoms with Crippen LogP contribution in [0.3, 0.4) is 0 Å². The van der Waals surface area contributed by atoms with Crippen molar-refractivity contribution in [2.24, 2.45) is 0 Å². The molecule has 1 nitrogen and oxygen atoms in total. The maximum atomic E-state index is 5.51. The highest BCUT2D eigenvalue weighted by atomic mass is 127. The Labute approximate surface area is 87.3 Å². The zero-order valence-electron chi connectivity index (χ0n) is 7.43. The monoisotopic (exact) mass is 276 g/mol. The van der Waals surface area contributed by atoms with Crippen LogP contribution in [0.15, 0.2) is 18.2 Å². The van der Waals surface area contributed by atoms with Crippen molar-refractivity contribution in [3.05, 3.63) is 27.3 Å². The van der Waals surface area contributed by atoms with Crippen LogP contribution in [0.25, 0.3) is 0 Å². The van der Waals surface area contributed by atoms with E-state index in [4.69, 9.17) is 4.74 Å². The Bertz CT molecular complexity index is 238. The molecule has 1 aromatic rings. The zero-order chi connectivity index (χ0) is 8.97. The predicted molar refractivity (Wildman–Crippen MR) is 59.7 cm³/mol. The van der Waals surface area contributed by atoms with Gasteiger partial charge in [0, 0.05) is 3.57 Å². The van der Waals surface area contributed by atoms with E-state index in [1.54, 1.807) is 0 Å². The van der Waals surface area contributed by atoms with Gasteiger partial charge in [-0.05, 0) is 59.7 Å². The first kappa shape index (κ1) is 9.84. The molecule has 0 unspecified atom stereocenters. The largest absolute Gasteiger partial charge is 0.494 e. The quantitative estimate of drug-likeness (QED) is 0.769. The summed E-state index contributed by atoms with van der Waals surface area (Å²) in [5.74, 6) is 0.987. The number of rotatable bonds is 3. The van der Waals surface area contributed by atoms with Gasteiger partial charge in [-0.15, -0.1) is 0 Å². The number of hydrogen-bond acceptors (Lipinski definition) is 1. The molecule has 0 atom stereocenters. The molecule has 1 rings (SSSR count). The lowest BCUT2D eigenvalue weighted by atomic mass is 10.2. The van der Waals surface area contributed by atoms with Gasteiger partial charge in [0.2, 0.25) is 0 Å². The maximum absolute atomic E-state index is 5.51. The van der Waals surface area contributed by atoms with Crippen LogP contribution in [-0.4, -0.2) is 6.61 Å². The Morgan fingerprint density at radius 1 is 1.33 bits per heavy atom. The lowest BCUT2D eigenvalue weighted by molar-refractivity contribution is 0.317. The fourth-order valence-electron chi connectivity index (χ4n) is 1.01. The minimum atomic E-state index is 0.805. The SMILES string of the molecule is CCCOc1cc(C)cc(I)c1. The summed E-state index contributed by atoms with van der Waals surface area (Å²) in [6.07, 6.45) is 1.06. The second-order valence-electron chi connectivity index (χ2n) is 2.81. The highest BCUT2D eigenvalue weighted by molar-refractivity contribution is 14.1. The molecule has 0 N–H and O–H groups in total. The molecule has 0 aromatic heterocycles. The molecule has 12 heavy (non-hydrogen) atoms. The molecule has 0 fully saturated rings. The Hall–Kier alpha value is -0.250. The van der Waals surface area contributed by atoms with E-state index in [1.807, 2.05) is 0 Å². The van der Waals surface area contributed by atoms with E-state index in [9.17, 15) is 0 Å². The average Bonchev–Trinajstić information content (AvgIpc) is 1.99. The van der Waals surface area contributed by atoms with Crippen molar-refractivity contribution in [3.63, 3.8) is 0 Å². The van der Waals surface area contributed by atoms with Crippen molar-refractivity contribution in [3.8, 4) is 5.75 Å². The third kappa shape index (κ3) is 3.01. The van der Waals surface area contributed by atoms with E-state index in [2.05, 4.69) is 54.6 Å². The lowest BCUT2D eigenvalue weighted by Crippen LogP contribution is -1.95. The summed E-state index contributed by atoms with van der Waals surface area (Å²) in [6.45, 7) is 5.00. The van der Waals surface area contributed by atoms with Gasteiger partial charge < -0.3 is 4.74 Å². The minimum Gasteiger partial charge on any atom is -0.494 e. The van der Waals surface area contributed by atoms with E-state index in [1.165, 1.54) is 9.13 Å². The normalized spacial score (nSPS) is 9.92. The number of hydrogen-bond donors (Lipinski definition) is 0. The Balaban J connectivity index is 2.72. The van der Waals surface area contributed by atoms with Crippen LogP contribution >= 0.6 is 22.6 Å². The predicted octanol–water partition coefficient (Wildman–Crippen LogP) is 3.39. The van der Waals surface area contributed by atoms with Gasteiger partial charge in [-0.1, -0.05) is 6.92 Å². The van der Waals surface area contributed by atoms with Crippen LogP contribution in [-0.2, 0) is 0 Å². The van der Waals surface area contributed by atoms with Gasteiger partial charge in [-0.25, -0.2) is 0 Å². The first-order valence-corrected chi connectivity index (χ1v) is 5.20. The molecule has 0 aliphatic heterocycles. The molecule has 2 heteroatoms. The number of aryl methyl sites for hydroxylation is 1. The maximum Gasteiger partial charge on any atom is 0.120 e. The molecule has 0 radical (unpaired) electrons. The Kier molecular flexibility index (Phi) is 3.85. The molecule has 66 valence electrons. The number of halogens is 1. The smallest absolute Gasteiger partial charge is 0.120 e. The van der Waals surface area contributed by atoms with E-state index in [0.29, 0.717) is 0 Å². The van der Waals surface area contributed by atoms with Crippen molar-refractivity contribution in [1.29, 1.82) is 0 Å². The van der Waals surface area contributed by atoms with E-state index in [0.717, 1.165) is 18.8 Å². The zero-order valence-corrected chi connectivity index (χ0v) is 9.59. The number of ether oxygens (including phenoxy) is 1.